The molecule has 7 nitrogen and oxygen atoms in total. The van der Waals surface area contributed by atoms with Crippen LogP contribution in [0.5, 0.6) is 17.2 Å². The van der Waals surface area contributed by atoms with E-state index in [2.05, 4.69) is 5.32 Å². The van der Waals surface area contributed by atoms with E-state index in [-0.39, 0.29) is 6.79 Å². The van der Waals surface area contributed by atoms with Gasteiger partial charge in [0.05, 0.1) is 12.1 Å². The number of nitrogens with one attached hydrogen (secondary N) is 1. The van der Waals surface area contributed by atoms with E-state index >= 15 is 0 Å². The SMILES string of the molecule is COc1cccc(NC(=O)[C@@H](C)OC(=O)/C=C/c2cc(Cl)c3c(c2)OCO3)c1. The molecule has 0 aromatic heterocycles. The van der Waals surface area contributed by atoms with Gasteiger partial charge in [-0.2, -0.15) is 0 Å². The van der Waals surface area contributed by atoms with E-state index in [0.717, 1.165) is 0 Å². The number of fused-ring (bicyclic) bond motifs is 1. The third kappa shape index (κ3) is 4.75. The van der Waals surface area contributed by atoms with Crippen molar-refractivity contribution in [2.24, 2.45) is 0 Å². The number of methoxy groups -OCH3 is 1. The minimum Gasteiger partial charge on any atom is -0.497 e. The largest absolute Gasteiger partial charge is 0.497 e. The minimum absolute atomic E-state index is 0.101. The average molecular weight is 404 g/mol. The number of rotatable bonds is 6. The van der Waals surface area contributed by atoms with Crippen molar-refractivity contribution < 1.29 is 28.5 Å². The van der Waals surface area contributed by atoms with Gasteiger partial charge in [0.25, 0.3) is 5.91 Å². The molecule has 2 aromatic rings. The first-order valence-corrected chi connectivity index (χ1v) is 8.77. The van der Waals surface area contributed by atoms with E-state index < -0.39 is 18.0 Å². The van der Waals surface area contributed by atoms with Gasteiger partial charge in [0.2, 0.25) is 6.79 Å². The summed E-state index contributed by atoms with van der Waals surface area (Å²) in [5.74, 6) is 0.465. The fraction of sp³-hybridized carbons (Fsp3) is 0.200. The molecule has 0 saturated heterocycles. The number of anilines is 1. The summed E-state index contributed by atoms with van der Waals surface area (Å²) in [6.45, 7) is 1.59. The van der Waals surface area contributed by atoms with Crippen LogP contribution in [0.25, 0.3) is 6.08 Å². The number of ether oxygens (including phenoxy) is 4. The van der Waals surface area contributed by atoms with E-state index in [0.29, 0.717) is 33.5 Å². The van der Waals surface area contributed by atoms with E-state index in [4.69, 9.17) is 30.5 Å². The molecular weight excluding hydrogens is 386 g/mol. The monoisotopic (exact) mass is 403 g/mol. The summed E-state index contributed by atoms with van der Waals surface area (Å²) in [6.07, 6.45) is 1.75. The van der Waals surface area contributed by atoms with Gasteiger partial charge >= 0.3 is 5.97 Å². The first kappa shape index (κ1) is 19.6. The summed E-state index contributed by atoms with van der Waals surface area (Å²) in [5, 5.41) is 3.05. The fourth-order valence-corrected chi connectivity index (χ4v) is 2.73. The summed E-state index contributed by atoms with van der Waals surface area (Å²) in [4.78, 5) is 24.2. The van der Waals surface area contributed by atoms with Crippen molar-refractivity contribution in [3.05, 3.63) is 53.1 Å². The Morgan fingerprint density at radius 1 is 1.25 bits per heavy atom. The third-order valence-electron chi connectivity index (χ3n) is 3.86. The first-order valence-electron chi connectivity index (χ1n) is 8.39. The highest BCUT2D eigenvalue weighted by atomic mass is 35.5. The van der Waals surface area contributed by atoms with Crippen LogP contribution in [0.2, 0.25) is 5.02 Å². The summed E-state index contributed by atoms with van der Waals surface area (Å²) in [6, 6.07) is 10.2. The molecule has 0 spiro atoms. The third-order valence-corrected chi connectivity index (χ3v) is 4.14. The maximum atomic E-state index is 12.2. The van der Waals surface area contributed by atoms with Crippen molar-refractivity contribution in [2.45, 2.75) is 13.0 Å². The Bertz CT molecular complexity index is 927. The number of hydrogen-bond donors (Lipinski definition) is 1. The lowest BCUT2D eigenvalue weighted by molar-refractivity contribution is -0.148. The Labute approximate surface area is 166 Å². The van der Waals surface area contributed by atoms with Crippen LogP contribution in [-0.2, 0) is 14.3 Å². The molecule has 1 aliphatic rings. The van der Waals surface area contributed by atoms with Crippen LogP contribution in [0, 0.1) is 0 Å². The van der Waals surface area contributed by atoms with Crippen molar-refractivity contribution in [3.63, 3.8) is 0 Å². The fourth-order valence-electron chi connectivity index (χ4n) is 2.46. The molecule has 3 rings (SSSR count). The minimum atomic E-state index is -0.983. The number of halogens is 1. The molecule has 146 valence electrons. The van der Waals surface area contributed by atoms with E-state index in [1.807, 2.05) is 0 Å². The average Bonchev–Trinajstić information content (AvgIpc) is 3.15. The van der Waals surface area contributed by atoms with Gasteiger partial charge in [-0.1, -0.05) is 17.7 Å². The zero-order chi connectivity index (χ0) is 20.1. The molecule has 0 aliphatic carbocycles. The van der Waals surface area contributed by atoms with E-state index in [9.17, 15) is 9.59 Å². The van der Waals surface area contributed by atoms with Crippen molar-refractivity contribution >= 4 is 35.2 Å². The highest BCUT2D eigenvalue weighted by molar-refractivity contribution is 6.32. The quantitative estimate of drug-likeness (QED) is 0.585. The standard InChI is InChI=1S/C20H18ClNO6/c1-12(20(24)22-14-4-3-5-15(10-14)25-2)28-18(23)7-6-13-8-16(21)19-17(9-13)26-11-27-19/h3-10,12H,11H2,1-2H3,(H,22,24)/b7-6+/t12-/m1/s1. The number of benzene rings is 2. The zero-order valence-corrected chi connectivity index (χ0v) is 16.0. The smallest absolute Gasteiger partial charge is 0.331 e. The molecule has 0 bridgehead atoms. The molecule has 2 aromatic carbocycles. The lowest BCUT2D eigenvalue weighted by atomic mass is 10.2. The molecule has 0 radical (unpaired) electrons. The van der Waals surface area contributed by atoms with Crippen molar-refractivity contribution in [1.29, 1.82) is 0 Å². The van der Waals surface area contributed by atoms with Gasteiger partial charge in [-0.05, 0) is 42.8 Å². The summed E-state index contributed by atoms with van der Waals surface area (Å²) < 4.78 is 20.7. The Kier molecular flexibility index (Phi) is 6.06. The molecule has 1 amide bonds. The van der Waals surface area contributed by atoms with Gasteiger partial charge < -0.3 is 24.3 Å². The van der Waals surface area contributed by atoms with Crippen LogP contribution >= 0.6 is 11.6 Å². The van der Waals surface area contributed by atoms with Gasteiger partial charge in [0, 0.05) is 17.8 Å². The second kappa shape index (κ2) is 8.67. The molecule has 1 N–H and O–H groups in total. The van der Waals surface area contributed by atoms with Gasteiger partial charge in [0.1, 0.15) is 5.75 Å². The van der Waals surface area contributed by atoms with Gasteiger partial charge in [-0.3, -0.25) is 4.79 Å². The highest BCUT2D eigenvalue weighted by Gasteiger charge is 2.19. The highest BCUT2D eigenvalue weighted by Crippen LogP contribution is 2.40. The van der Waals surface area contributed by atoms with Crippen molar-refractivity contribution in [3.8, 4) is 17.2 Å². The number of hydrogen-bond acceptors (Lipinski definition) is 6. The van der Waals surface area contributed by atoms with Crippen LogP contribution in [0.4, 0.5) is 5.69 Å². The second-order valence-electron chi connectivity index (χ2n) is 5.87. The topological polar surface area (TPSA) is 83.1 Å². The van der Waals surface area contributed by atoms with Crippen molar-refractivity contribution in [2.75, 3.05) is 19.2 Å². The predicted molar refractivity (Wildman–Crippen MR) is 104 cm³/mol. The molecular formula is C20H18ClNO6. The Morgan fingerprint density at radius 3 is 2.86 bits per heavy atom. The second-order valence-corrected chi connectivity index (χ2v) is 6.28. The molecule has 1 atom stereocenters. The Hall–Kier alpha value is -3.19. The first-order chi connectivity index (χ1) is 13.5. The number of esters is 1. The normalized spacial score (nSPS) is 13.2. The number of carbonyl (C=O) groups excluding carboxylic acids is 2. The number of amides is 1. The van der Waals surface area contributed by atoms with Crippen LogP contribution in [0.15, 0.2) is 42.5 Å². The Balaban J connectivity index is 1.57. The van der Waals surface area contributed by atoms with Gasteiger partial charge in [-0.25, -0.2) is 4.79 Å². The lowest BCUT2D eigenvalue weighted by Crippen LogP contribution is -2.29. The number of carbonyl (C=O) groups is 2. The molecule has 0 unspecified atom stereocenters. The maximum Gasteiger partial charge on any atom is 0.331 e. The molecule has 1 heterocycles. The lowest BCUT2D eigenvalue weighted by Gasteiger charge is -2.13. The summed E-state index contributed by atoms with van der Waals surface area (Å²) >= 11 is 6.10. The van der Waals surface area contributed by atoms with E-state index in [1.54, 1.807) is 36.4 Å². The Morgan fingerprint density at radius 2 is 2.07 bits per heavy atom. The maximum absolute atomic E-state index is 12.2. The molecule has 28 heavy (non-hydrogen) atoms. The zero-order valence-electron chi connectivity index (χ0n) is 15.2. The molecule has 8 heteroatoms. The van der Waals surface area contributed by atoms with Crippen molar-refractivity contribution in [1.82, 2.24) is 0 Å². The summed E-state index contributed by atoms with van der Waals surface area (Å²) in [5.41, 5.74) is 1.18. The molecule has 0 saturated carbocycles. The van der Waals surface area contributed by atoms with Gasteiger partial charge in [0.15, 0.2) is 17.6 Å². The van der Waals surface area contributed by atoms with Crippen LogP contribution < -0.4 is 19.5 Å². The summed E-state index contributed by atoms with van der Waals surface area (Å²) in [7, 11) is 1.53. The molecule has 0 fully saturated rings. The predicted octanol–water partition coefficient (Wildman–Crippen LogP) is 3.66. The molecule has 1 aliphatic heterocycles. The van der Waals surface area contributed by atoms with Gasteiger partial charge in [-0.15, -0.1) is 0 Å². The van der Waals surface area contributed by atoms with Crippen LogP contribution in [-0.4, -0.2) is 31.9 Å². The van der Waals surface area contributed by atoms with E-state index in [1.165, 1.54) is 26.2 Å². The van der Waals surface area contributed by atoms with Crippen LogP contribution in [0.3, 0.4) is 0 Å². The van der Waals surface area contributed by atoms with Crippen LogP contribution in [0.1, 0.15) is 12.5 Å².